The average Bonchev–Trinajstić information content (AvgIpc) is 3.01. The molecule has 3 rings (SSSR count). The van der Waals surface area contributed by atoms with E-state index in [0.29, 0.717) is 24.4 Å². The zero-order valence-corrected chi connectivity index (χ0v) is 18.5. The van der Waals surface area contributed by atoms with E-state index in [9.17, 15) is 13.2 Å². The maximum Gasteiger partial charge on any atom is 0.225 e. The summed E-state index contributed by atoms with van der Waals surface area (Å²) in [6.07, 6.45) is 2.36. The van der Waals surface area contributed by atoms with Crippen molar-refractivity contribution >= 4 is 27.5 Å². The van der Waals surface area contributed by atoms with Gasteiger partial charge in [-0.1, -0.05) is 61.8 Å². The van der Waals surface area contributed by atoms with Crippen LogP contribution in [0.4, 0.5) is 0 Å². The predicted molar refractivity (Wildman–Crippen MR) is 117 cm³/mol. The molecule has 1 amide bonds. The SMILES string of the molecule is CC(C)C(=O)N1CC[C@H](NS(C)(=O)=O)[C@@H]1Cc1cccc(-c2cccc(Cl)c2)c1. The highest BCUT2D eigenvalue weighted by atomic mass is 35.5. The van der Waals surface area contributed by atoms with Crippen molar-refractivity contribution in [2.45, 2.75) is 38.8 Å². The Morgan fingerprint density at radius 3 is 2.45 bits per heavy atom. The van der Waals surface area contributed by atoms with Gasteiger partial charge in [-0.2, -0.15) is 0 Å². The Hall–Kier alpha value is -1.89. The van der Waals surface area contributed by atoms with Crippen LogP contribution in [0, 0.1) is 5.92 Å². The highest BCUT2D eigenvalue weighted by molar-refractivity contribution is 7.88. The molecule has 2 aromatic carbocycles. The fourth-order valence-electron chi connectivity index (χ4n) is 3.91. The van der Waals surface area contributed by atoms with Crippen LogP contribution in [0.25, 0.3) is 11.1 Å². The van der Waals surface area contributed by atoms with E-state index in [0.717, 1.165) is 22.9 Å². The number of amides is 1. The van der Waals surface area contributed by atoms with Crippen LogP contribution >= 0.6 is 11.6 Å². The van der Waals surface area contributed by atoms with Crippen LogP contribution < -0.4 is 4.72 Å². The van der Waals surface area contributed by atoms with Gasteiger partial charge in [0, 0.05) is 23.5 Å². The summed E-state index contributed by atoms with van der Waals surface area (Å²) in [5.41, 5.74) is 3.11. The third-order valence-corrected chi connectivity index (χ3v) is 6.18. The molecule has 0 radical (unpaired) electrons. The second kappa shape index (κ2) is 8.86. The third kappa shape index (κ3) is 5.59. The largest absolute Gasteiger partial charge is 0.337 e. The molecule has 1 saturated heterocycles. The summed E-state index contributed by atoms with van der Waals surface area (Å²) in [4.78, 5) is 14.5. The monoisotopic (exact) mass is 434 g/mol. The number of hydrogen-bond donors (Lipinski definition) is 1. The molecule has 1 heterocycles. The Morgan fingerprint density at radius 1 is 1.17 bits per heavy atom. The lowest BCUT2D eigenvalue weighted by molar-refractivity contribution is -0.135. The molecule has 1 fully saturated rings. The lowest BCUT2D eigenvalue weighted by atomic mass is 9.96. The van der Waals surface area contributed by atoms with E-state index in [4.69, 9.17) is 11.6 Å². The fourth-order valence-corrected chi connectivity index (χ4v) is 4.93. The quantitative estimate of drug-likeness (QED) is 0.753. The number of carbonyl (C=O) groups excluding carboxylic acids is 1. The molecule has 29 heavy (non-hydrogen) atoms. The highest BCUT2D eigenvalue weighted by Gasteiger charge is 2.38. The van der Waals surface area contributed by atoms with Crippen LogP contribution in [-0.2, 0) is 21.2 Å². The molecular weight excluding hydrogens is 408 g/mol. The molecule has 1 aliphatic heterocycles. The standard InChI is InChI=1S/C22H27ClN2O3S/c1-15(2)22(26)25-11-10-20(24-29(3,27)28)21(25)13-16-6-4-7-17(12-16)18-8-5-9-19(23)14-18/h4-9,12,14-15,20-21,24H,10-11,13H2,1-3H3/t20-,21-/m0/s1. The molecule has 7 heteroatoms. The third-order valence-electron chi connectivity index (χ3n) is 5.22. The molecule has 2 atom stereocenters. The van der Waals surface area contributed by atoms with Gasteiger partial charge in [0.1, 0.15) is 0 Å². The first-order valence-electron chi connectivity index (χ1n) is 9.77. The van der Waals surface area contributed by atoms with E-state index in [2.05, 4.69) is 10.8 Å². The van der Waals surface area contributed by atoms with Crippen molar-refractivity contribution in [3.8, 4) is 11.1 Å². The van der Waals surface area contributed by atoms with Gasteiger partial charge in [-0.3, -0.25) is 4.79 Å². The van der Waals surface area contributed by atoms with Crippen LogP contribution in [-0.4, -0.2) is 44.1 Å². The van der Waals surface area contributed by atoms with Gasteiger partial charge < -0.3 is 4.90 Å². The molecule has 0 spiro atoms. The zero-order valence-electron chi connectivity index (χ0n) is 16.9. The van der Waals surface area contributed by atoms with Gasteiger partial charge >= 0.3 is 0 Å². The zero-order chi connectivity index (χ0) is 21.2. The first-order chi connectivity index (χ1) is 13.6. The van der Waals surface area contributed by atoms with Crippen molar-refractivity contribution in [3.63, 3.8) is 0 Å². The first-order valence-corrected chi connectivity index (χ1v) is 12.0. The van der Waals surface area contributed by atoms with Gasteiger partial charge in [0.2, 0.25) is 15.9 Å². The molecule has 0 bridgehead atoms. The summed E-state index contributed by atoms with van der Waals surface area (Å²) in [5, 5.41) is 0.676. The van der Waals surface area contributed by atoms with Gasteiger partial charge in [-0.05, 0) is 41.7 Å². The number of carbonyl (C=O) groups is 1. The molecule has 2 aromatic rings. The lowest BCUT2D eigenvalue weighted by Crippen LogP contribution is -2.48. The highest BCUT2D eigenvalue weighted by Crippen LogP contribution is 2.27. The van der Waals surface area contributed by atoms with Crippen LogP contribution in [0.2, 0.25) is 5.02 Å². The lowest BCUT2D eigenvalue weighted by Gasteiger charge is -2.30. The van der Waals surface area contributed by atoms with Crippen molar-refractivity contribution in [1.29, 1.82) is 0 Å². The minimum absolute atomic E-state index is 0.0544. The summed E-state index contributed by atoms with van der Waals surface area (Å²) in [5.74, 6) is -0.0777. The molecule has 1 N–H and O–H groups in total. The number of nitrogens with zero attached hydrogens (tertiary/aromatic N) is 1. The number of nitrogens with one attached hydrogen (secondary N) is 1. The van der Waals surface area contributed by atoms with Gasteiger partial charge in [-0.15, -0.1) is 0 Å². The topological polar surface area (TPSA) is 66.5 Å². The van der Waals surface area contributed by atoms with E-state index in [-0.39, 0.29) is 23.9 Å². The van der Waals surface area contributed by atoms with Crippen LogP contribution in [0.5, 0.6) is 0 Å². The number of hydrogen-bond acceptors (Lipinski definition) is 3. The Labute approximate surface area is 178 Å². The number of rotatable bonds is 6. The van der Waals surface area contributed by atoms with Crippen molar-refractivity contribution < 1.29 is 13.2 Å². The predicted octanol–water partition coefficient (Wildman–Crippen LogP) is 3.72. The fraction of sp³-hybridized carbons (Fsp3) is 0.409. The van der Waals surface area contributed by atoms with Gasteiger partial charge in [0.25, 0.3) is 0 Å². The van der Waals surface area contributed by atoms with E-state index >= 15 is 0 Å². The second-order valence-electron chi connectivity index (χ2n) is 7.95. The van der Waals surface area contributed by atoms with E-state index in [1.54, 1.807) is 0 Å². The molecule has 5 nitrogen and oxygen atoms in total. The van der Waals surface area contributed by atoms with Gasteiger partial charge in [-0.25, -0.2) is 13.1 Å². The second-order valence-corrected chi connectivity index (χ2v) is 10.2. The number of sulfonamides is 1. The van der Waals surface area contributed by atoms with Crippen LogP contribution in [0.15, 0.2) is 48.5 Å². The molecule has 156 valence electrons. The molecule has 0 aliphatic carbocycles. The summed E-state index contributed by atoms with van der Waals surface area (Å²) >= 11 is 6.13. The van der Waals surface area contributed by atoms with Crippen molar-refractivity contribution in [1.82, 2.24) is 9.62 Å². The van der Waals surface area contributed by atoms with Crippen molar-refractivity contribution in [2.24, 2.45) is 5.92 Å². The summed E-state index contributed by atoms with van der Waals surface area (Å²) in [6.45, 7) is 4.30. The average molecular weight is 435 g/mol. The molecule has 0 saturated carbocycles. The smallest absolute Gasteiger partial charge is 0.225 e. The van der Waals surface area contributed by atoms with E-state index in [1.165, 1.54) is 0 Å². The maximum atomic E-state index is 12.7. The van der Waals surface area contributed by atoms with E-state index in [1.807, 2.05) is 61.2 Å². The minimum Gasteiger partial charge on any atom is -0.337 e. The van der Waals surface area contributed by atoms with Gasteiger partial charge in [0.15, 0.2) is 0 Å². The molecular formula is C22H27ClN2O3S. The Morgan fingerprint density at radius 2 is 1.83 bits per heavy atom. The first kappa shape index (κ1) is 21.8. The van der Waals surface area contributed by atoms with Crippen molar-refractivity contribution in [3.05, 3.63) is 59.1 Å². The van der Waals surface area contributed by atoms with Gasteiger partial charge in [0.05, 0.1) is 12.3 Å². The Bertz CT molecular complexity index is 991. The van der Waals surface area contributed by atoms with E-state index < -0.39 is 10.0 Å². The number of halogens is 1. The summed E-state index contributed by atoms with van der Waals surface area (Å²) in [6, 6.07) is 15.3. The summed E-state index contributed by atoms with van der Waals surface area (Å²) < 4.78 is 26.4. The molecule has 0 aromatic heterocycles. The normalized spacial score (nSPS) is 19.7. The number of benzene rings is 2. The van der Waals surface area contributed by atoms with Crippen LogP contribution in [0.3, 0.4) is 0 Å². The maximum absolute atomic E-state index is 12.7. The van der Waals surface area contributed by atoms with Crippen molar-refractivity contribution in [2.75, 3.05) is 12.8 Å². The van der Waals surface area contributed by atoms with Crippen LogP contribution in [0.1, 0.15) is 25.8 Å². The minimum atomic E-state index is -3.36. The number of likely N-dealkylation sites (tertiary alicyclic amines) is 1. The Kier molecular flexibility index (Phi) is 6.66. The summed E-state index contributed by atoms with van der Waals surface area (Å²) in [7, 11) is -3.36. The molecule has 0 unspecified atom stereocenters. The Balaban J connectivity index is 1.89. The molecule has 1 aliphatic rings.